The molecule has 0 unspecified atom stereocenters. The van der Waals surface area contributed by atoms with Crippen molar-refractivity contribution in [1.82, 2.24) is 10.3 Å². The number of para-hydroxylation sites is 1. The first kappa shape index (κ1) is 22.7. The monoisotopic (exact) mass is 460 g/mol. The number of ether oxygens (including phenoxy) is 3. The number of carbonyl (C=O) groups excluding carboxylic acids is 1. The second-order valence-electron chi connectivity index (χ2n) is 9.28. The largest absolute Gasteiger partial charge is 0.456 e. The fourth-order valence-corrected chi connectivity index (χ4v) is 5.41. The number of aromatic nitrogens is 1. The van der Waals surface area contributed by atoms with Gasteiger partial charge < -0.3 is 19.5 Å². The van der Waals surface area contributed by atoms with Crippen LogP contribution in [0, 0.1) is 11.8 Å². The molecule has 0 amide bonds. The van der Waals surface area contributed by atoms with Crippen molar-refractivity contribution in [2.45, 2.75) is 51.7 Å². The van der Waals surface area contributed by atoms with E-state index in [2.05, 4.69) is 30.2 Å². The minimum Gasteiger partial charge on any atom is -0.456 e. The van der Waals surface area contributed by atoms with Crippen LogP contribution in [-0.4, -0.2) is 30.3 Å². The fourth-order valence-electron chi connectivity index (χ4n) is 5.41. The third kappa shape index (κ3) is 4.60. The molecule has 1 N–H and O–H groups in total. The van der Waals surface area contributed by atoms with E-state index < -0.39 is 0 Å². The highest BCUT2D eigenvalue weighted by Gasteiger charge is 2.36. The van der Waals surface area contributed by atoms with Gasteiger partial charge in [0, 0.05) is 23.2 Å². The van der Waals surface area contributed by atoms with Crippen molar-refractivity contribution >= 4 is 16.9 Å². The van der Waals surface area contributed by atoms with Gasteiger partial charge >= 0.3 is 5.97 Å². The van der Waals surface area contributed by atoms with E-state index in [-0.39, 0.29) is 31.3 Å². The first-order chi connectivity index (χ1) is 16.7. The van der Waals surface area contributed by atoms with Crippen molar-refractivity contribution < 1.29 is 19.0 Å². The second kappa shape index (κ2) is 10.0. The van der Waals surface area contributed by atoms with E-state index in [4.69, 9.17) is 14.2 Å². The molecule has 3 aromatic rings. The summed E-state index contributed by atoms with van der Waals surface area (Å²) in [6.07, 6.45) is 4.87. The number of hydrogen-bond donors (Lipinski definition) is 1. The van der Waals surface area contributed by atoms with Crippen LogP contribution in [0.3, 0.4) is 0 Å². The van der Waals surface area contributed by atoms with Crippen molar-refractivity contribution in [2.75, 3.05) is 13.3 Å². The van der Waals surface area contributed by atoms with Crippen LogP contribution in [0.1, 0.15) is 50.3 Å². The van der Waals surface area contributed by atoms with E-state index in [1.807, 2.05) is 48.7 Å². The molecule has 0 bridgehead atoms. The molecule has 6 heteroatoms. The molecule has 2 aliphatic heterocycles. The fraction of sp³-hybridized carbons (Fsp3) is 0.429. The van der Waals surface area contributed by atoms with E-state index in [9.17, 15) is 4.79 Å². The predicted molar refractivity (Wildman–Crippen MR) is 131 cm³/mol. The number of fused-ring (bicyclic) bond motifs is 2. The quantitative estimate of drug-likeness (QED) is 0.489. The Bertz CT molecular complexity index is 1160. The van der Waals surface area contributed by atoms with E-state index in [1.165, 1.54) is 0 Å². The molecule has 0 saturated carbocycles. The number of pyridine rings is 1. The Balaban J connectivity index is 1.42. The van der Waals surface area contributed by atoms with Gasteiger partial charge in [-0.1, -0.05) is 51.0 Å². The van der Waals surface area contributed by atoms with Gasteiger partial charge in [-0.3, -0.25) is 9.78 Å². The normalized spacial score (nSPS) is 22.5. The molecular formula is C28H32N2O4. The molecule has 1 fully saturated rings. The molecule has 6 nitrogen and oxygen atoms in total. The Hall–Kier alpha value is -3.12. The number of hydrogen-bond acceptors (Lipinski definition) is 6. The Morgan fingerprint density at radius 3 is 2.76 bits per heavy atom. The summed E-state index contributed by atoms with van der Waals surface area (Å²) in [5.74, 6) is 2.39. The third-order valence-corrected chi connectivity index (χ3v) is 7.31. The molecule has 0 aliphatic carbocycles. The van der Waals surface area contributed by atoms with Gasteiger partial charge in [0.1, 0.15) is 6.10 Å². The van der Waals surface area contributed by atoms with Gasteiger partial charge in [-0.25, -0.2) is 0 Å². The van der Waals surface area contributed by atoms with Gasteiger partial charge in [0.25, 0.3) is 0 Å². The number of carbonyl (C=O) groups is 1. The van der Waals surface area contributed by atoms with Gasteiger partial charge in [-0.2, -0.15) is 0 Å². The van der Waals surface area contributed by atoms with E-state index >= 15 is 0 Å². The van der Waals surface area contributed by atoms with Crippen LogP contribution >= 0.6 is 0 Å². The molecule has 1 saturated heterocycles. The summed E-state index contributed by atoms with van der Waals surface area (Å²) in [6.45, 7) is 5.68. The molecule has 4 atom stereocenters. The summed E-state index contributed by atoms with van der Waals surface area (Å²) in [6, 6.07) is 15.7. The van der Waals surface area contributed by atoms with Gasteiger partial charge in [-0.15, -0.1) is 0 Å². The highest BCUT2D eigenvalue weighted by molar-refractivity contribution is 5.83. The summed E-state index contributed by atoms with van der Waals surface area (Å²) in [7, 11) is 0. The van der Waals surface area contributed by atoms with Crippen molar-refractivity contribution in [2.24, 2.45) is 11.8 Å². The number of rotatable bonds is 7. The van der Waals surface area contributed by atoms with Crippen LogP contribution in [0.5, 0.6) is 11.5 Å². The SMILES string of the molecule is CC[C@H]1CN[C@@H]([C@@H](OC(=O)Cc2ccc3c(c2)OCO3)c2ccnc3ccccc23)C[C@@H]1CC. The average Bonchev–Trinajstić information content (AvgIpc) is 3.34. The van der Waals surface area contributed by atoms with Crippen LogP contribution in [0.15, 0.2) is 54.7 Å². The van der Waals surface area contributed by atoms with Crippen LogP contribution in [0.25, 0.3) is 10.9 Å². The molecule has 0 radical (unpaired) electrons. The third-order valence-electron chi connectivity index (χ3n) is 7.31. The number of benzene rings is 2. The van der Waals surface area contributed by atoms with Gasteiger partial charge in [-0.05, 0) is 54.6 Å². The molecule has 34 heavy (non-hydrogen) atoms. The van der Waals surface area contributed by atoms with Crippen molar-refractivity contribution in [3.8, 4) is 11.5 Å². The summed E-state index contributed by atoms with van der Waals surface area (Å²) in [5.41, 5.74) is 2.76. The summed E-state index contributed by atoms with van der Waals surface area (Å²) in [5, 5.41) is 4.74. The highest BCUT2D eigenvalue weighted by atomic mass is 16.7. The Morgan fingerprint density at radius 1 is 1.09 bits per heavy atom. The van der Waals surface area contributed by atoms with Crippen molar-refractivity contribution in [1.29, 1.82) is 0 Å². The Morgan fingerprint density at radius 2 is 1.91 bits per heavy atom. The average molecular weight is 461 g/mol. The second-order valence-corrected chi connectivity index (χ2v) is 9.28. The smallest absolute Gasteiger partial charge is 0.310 e. The molecule has 2 aliphatic rings. The summed E-state index contributed by atoms with van der Waals surface area (Å²) < 4.78 is 17.1. The number of esters is 1. The zero-order valence-corrected chi connectivity index (χ0v) is 19.8. The zero-order valence-electron chi connectivity index (χ0n) is 19.8. The number of piperidine rings is 1. The molecule has 178 valence electrons. The Labute approximate surface area is 200 Å². The minimum absolute atomic E-state index is 0.0549. The summed E-state index contributed by atoms with van der Waals surface area (Å²) >= 11 is 0. The lowest BCUT2D eigenvalue weighted by Gasteiger charge is -2.40. The lowest BCUT2D eigenvalue weighted by atomic mass is 9.77. The van der Waals surface area contributed by atoms with E-state index in [1.54, 1.807) is 0 Å². The standard InChI is InChI=1S/C28H32N2O4/c1-3-19-15-24(30-16-20(19)4-2)28(22-11-12-29-23-8-6-5-7-21(22)23)34-27(31)14-18-9-10-25-26(13-18)33-17-32-25/h5-13,19-20,24,28,30H,3-4,14-17H2,1-2H3/t19-,20-,24+,28-/m0/s1. The first-order valence-corrected chi connectivity index (χ1v) is 12.3. The van der Waals surface area contributed by atoms with Crippen LogP contribution < -0.4 is 14.8 Å². The van der Waals surface area contributed by atoms with E-state index in [0.717, 1.165) is 47.8 Å². The van der Waals surface area contributed by atoms with Gasteiger partial charge in [0.2, 0.25) is 6.79 Å². The minimum atomic E-state index is -0.388. The van der Waals surface area contributed by atoms with Crippen molar-refractivity contribution in [3.05, 3.63) is 65.9 Å². The van der Waals surface area contributed by atoms with E-state index in [0.29, 0.717) is 23.3 Å². The van der Waals surface area contributed by atoms with Crippen LogP contribution in [0.4, 0.5) is 0 Å². The van der Waals surface area contributed by atoms with Gasteiger partial charge in [0.05, 0.1) is 11.9 Å². The van der Waals surface area contributed by atoms with Gasteiger partial charge in [0.15, 0.2) is 11.5 Å². The van der Waals surface area contributed by atoms with Crippen molar-refractivity contribution in [3.63, 3.8) is 0 Å². The predicted octanol–water partition coefficient (Wildman–Crippen LogP) is 5.20. The maximum absolute atomic E-state index is 13.2. The molecular weight excluding hydrogens is 428 g/mol. The topological polar surface area (TPSA) is 69.7 Å². The summed E-state index contributed by atoms with van der Waals surface area (Å²) in [4.78, 5) is 17.7. The lowest BCUT2D eigenvalue weighted by Crippen LogP contribution is -2.47. The highest BCUT2D eigenvalue weighted by Crippen LogP contribution is 2.37. The maximum Gasteiger partial charge on any atom is 0.310 e. The van der Waals surface area contributed by atoms with Crippen LogP contribution in [-0.2, 0) is 16.0 Å². The Kier molecular flexibility index (Phi) is 6.68. The zero-order chi connectivity index (χ0) is 23.5. The number of nitrogens with zero attached hydrogens (tertiary/aromatic N) is 1. The molecule has 1 aromatic heterocycles. The van der Waals surface area contributed by atoms with Crippen LogP contribution in [0.2, 0.25) is 0 Å². The molecule has 0 spiro atoms. The first-order valence-electron chi connectivity index (χ1n) is 12.3. The molecule has 5 rings (SSSR count). The lowest BCUT2D eigenvalue weighted by molar-refractivity contribution is -0.151. The maximum atomic E-state index is 13.2. The molecule has 2 aromatic carbocycles. The molecule has 3 heterocycles. The number of nitrogens with one attached hydrogen (secondary N) is 1.